The molecule has 6 nitrogen and oxygen atoms in total. The van der Waals surface area contributed by atoms with E-state index in [4.69, 9.17) is 4.74 Å². The third-order valence-electron chi connectivity index (χ3n) is 12.7. The summed E-state index contributed by atoms with van der Waals surface area (Å²) in [7, 11) is 0. The van der Waals surface area contributed by atoms with E-state index in [1.807, 2.05) is 23.7 Å². The Morgan fingerprint density at radius 1 is 1.02 bits per heavy atom. The van der Waals surface area contributed by atoms with Gasteiger partial charge in [-0.1, -0.05) is 78.7 Å². The standard InChI is InChI=1S/C39H54N2O4/c1-7-36(42)45-29-17-16-28-23-40-37(43)30-12-8-9-13-31(30)38(44)41(40)35(32(28)22-29)21-27-11-10-20-39(6)33(18-19-34(27)39)26(5)15-14-25(4)24(2)3/h8-9,12-15,24-27,29,33-35H,7,10-11,16-23H2,1-6H3/b15-14+/t25-,26+,27?,29-,33?,34?,35-,39?/m0/s1. The van der Waals surface area contributed by atoms with Crippen LogP contribution in [0.2, 0.25) is 0 Å². The molecule has 4 unspecified atom stereocenters. The zero-order valence-electron chi connectivity index (χ0n) is 28.4. The van der Waals surface area contributed by atoms with Gasteiger partial charge >= 0.3 is 5.97 Å². The van der Waals surface area contributed by atoms with Gasteiger partial charge in [0.05, 0.1) is 23.4 Å². The number of esters is 1. The number of aromatic nitrogens is 2. The lowest BCUT2D eigenvalue weighted by atomic mass is 9.58. The molecule has 1 aromatic carbocycles. The maximum absolute atomic E-state index is 14.3. The van der Waals surface area contributed by atoms with Crippen LogP contribution in [0.15, 0.2) is 57.2 Å². The third-order valence-corrected chi connectivity index (χ3v) is 12.7. The minimum atomic E-state index is -0.183. The molecule has 0 radical (unpaired) electrons. The second-order valence-corrected chi connectivity index (χ2v) is 15.4. The lowest BCUT2D eigenvalue weighted by Gasteiger charge is -2.48. The van der Waals surface area contributed by atoms with E-state index in [0.29, 0.717) is 65.7 Å². The van der Waals surface area contributed by atoms with Crippen LogP contribution in [0.3, 0.4) is 0 Å². The van der Waals surface area contributed by atoms with Gasteiger partial charge in [-0.3, -0.25) is 14.4 Å². The highest BCUT2D eigenvalue weighted by Gasteiger charge is 2.53. The summed E-state index contributed by atoms with van der Waals surface area (Å²) in [5, 5.41) is 1.01. The lowest BCUT2D eigenvalue weighted by Crippen LogP contribution is -2.47. The molecule has 6 heteroatoms. The highest BCUT2D eigenvalue weighted by atomic mass is 16.5. The summed E-state index contributed by atoms with van der Waals surface area (Å²) in [6.45, 7) is 14.2. The second kappa shape index (κ2) is 12.7. The van der Waals surface area contributed by atoms with Crippen molar-refractivity contribution in [3.8, 4) is 0 Å². The lowest BCUT2D eigenvalue weighted by molar-refractivity contribution is -0.149. The van der Waals surface area contributed by atoms with E-state index >= 15 is 0 Å². The summed E-state index contributed by atoms with van der Waals surface area (Å²) >= 11 is 0. The van der Waals surface area contributed by atoms with Crippen molar-refractivity contribution in [3.63, 3.8) is 0 Å². The van der Waals surface area contributed by atoms with E-state index in [9.17, 15) is 14.4 Å². The first kappa shape index (κ1) is 32.1. The summed E-state index contributed by atoms with van der Waals surface area (Å²) in [5.74, 6) is 3.36. The molecule has 2 saturated carbocycles. The smallest absolute Gasteiger partial charge is 0.305 e. The summed E-state index contributed by atoms with van der Waals surface area (Å²) in [6.07, 6.45) is 14.4. The monoisotopic (exact) mass is 614 g/mol. The van der Waals surface area contributed by atoms with Gasteiger partial charge in [0.1, 0.15) is 6.10 Å². The van der Waals surface area contributed by atoms with Gasteiger partial charge in [-0.05, 0) is 103 Å². The molecule has 6 rings (SSSR count). The molecular formula is C39H54N2O4. The van der Waals surface area contributed by atoms with Crippen LogP contribution in [0, 0.1) is 40.9 Å². The van der Waals surface area contributed by atoms with Crippen molar-refractivity contribution >= 4 is 16.7 Å². The van der Waals surface area contributed by atoms with Gasteiger partial charge < -0.3 is 4.74 Å². The molecule has 0 N–H and O–H groups in total. The van der Waals surface area contributed by atoms with E-state index in [1.165, 1.54) is 43.3 Å². The van der Waals surface area contributed by atoms with Gasteiger partial charge in [-0.15, -0.1) is 0 Å². The first-order valence-electron chi connectivity index (χ1n) is 17.9. The molecule has 0 saturated heterocycles. The van der Waals surface area contributed by atoms with Crippen LogP contribution >= 0.6 is 0 Å². The Morgan fingerprint density at radius 3 is 2.47 bits per heavy atom. The Hall–Kier alpha value is -2.89. The van der Waals surface area contributed by atoms with Crippen LogP contribution in [-0.4, -0.2) is 21.4 Å². The molecule has 2 fully saturated rings. The van der Waals surface area contributed by atoms with Crippen molar-refractivity contribution in [3.05, 3.63) is 68.3 Å². The molecule has 2 aromatic rings. The Morgan fingerprint density at radius 2 is 1.76 bits per heavy atom. The highest BCUT2D eigenvalue weighted by molar-refractivity contribution is 5.80. The Bertz CT molecular complexity index is 1610. The molecule has 0 bridgehead atoms. The first-order chi connectivity index (χ1) is 21.5. The normalized spacial score (nSPS) is 31.1. The molecule has 1 aromatic heterocycles. The number of carbonyl (C=O) groups is 1. The highest BCUT2D eigenvalue weighted by Crippen LogP contribution is 2.61. The molecule has 1 aliphatic heterocycles. The van der Waals surface area contributed by atoms with Crippen molar-refractivity contribution in [2.24, 2.45) is 40.9 Å². The van der Waals surface area contributed by atoms with Gasteiger partial charge in [-0.25, -0.2) is 9.36 Å². The predicted molar refractivity (Wildman–Crippen MR) is 181 cm³/mol. The SMILES string of the molecule is CCC(=O)O[C@H]1CCC2=C(C1)[C@H](CC1CCCC3(C)C1CCC3[C@H](C)/C=C/[C@H](C)C(C)C)n1c(=O)c3ccccc3c(=O)n1C2. The fourth-order valence-electron chi connectivity index (χ4n) is 9.79. The third kappa shape index (κ3) is 5.80. The number of carbonyl (C=O) groups excluding carboxylic acids is 1. The van der Waals surface area contributed by atoms with Crippen molar-refractivity contribution < 1.29 is 9.53 Å². The molecule has 4 aliphatic rings. The molecule has 0 amide bonds. The molecular weight excluding hydrogens is 560 g/mol. The van der Waals surface area contributed by atoms with Crippen LogP contribution in [-0.2, 0) is 16.1 Å². The average Bonchev–Trinajstić information content (AvgIpc) is 3.39. The van der Waals surface area contributed by atoms with E-state index < -0.39 is 0 Å². The molecule has 8 atom stereocenters. The van der Waals surface area contributed by atoms with Gasteiger partial charge in [0, 0.05) is 12.8 Å². The van der Waals surface area contributed by atoms with Crippen LogP contribution in [0.5, 0.6) is 0 Å². The van der Waals surface area contributed by atoms with E-state index in [0.717, 1.165) is 19.3 Å². The topological polar surface area (TPSA) is 70.3 Å². The number of ether oxygens (including phenoxy) is 1. The quantitative estimate of drug-likeness (QED) is 0.222. The van der Waals surface area contributed by atoms with Gasteiger partial charge in [0.2, 0.25) is 0 Å². The molecule has 3 aliphatic carbocycles. The number of benzene rings is 1. The average molecular weight is 615 g/mol. The second-order valence-electron chi connectivity index (χ2n) is 15.4. The number of allylic oxidation sites excluding steroid dienone is 3. The Labute approximate surface area is 268 Å². The van der Waals surface area contributed by atoms with E-state index in [1.54, 1.807) is 16.8 Å². The van der Waals surface area contributed by atoms with E-state index in [2.05, 4.69) is 46.8 Å². The van der Waals surface area contributed by atoms with Gasteiger partial charge in [0.15, 0.2) is 0 Å². The van der Waals surface area contributed by atoms with Crippen molar-refractivity contribution in [1.29, 1.82) is 0 Å². The maximum Gasteiger partial charge on any atom is 0.305 e. The summed E-state index contributed by atoms with van der Waals surface area (Å²) in [6, 6.07) is 7.10. The fourth-order valence-corrected chi connectivity index (χ4v) is 9.79. The Kier molecular flexibility index (Phi) is 9.06. The summed E-state index contributed by atoms with van der Waals surface area (Å²) < 4.78 is 9.45. The minimum absolute atomic E-state index is 0.0738. The number of rotatable bonds is 8. The molecule has 45 heavy (non-hydrogen) atoms. The minimum Gasteiger partial charge on any atom is -0.462 e. The number of hydrogen-bond acceptors (Lipinski definition) is 4. The van der Waals surface area contributed by atoms with Crippen LogP contribution in [0.1, 0.15) is 112 Å². The van der Waals surface area contributed by atoms with E-state index in [-0.39, 0.29) is 34.6 Å². The van der Waals surface area contributed by atoms with Crippen molar-refractivity contribution in [1.82, 2.24) is 9.36 Å². The predicted octanol–water partition coefficient (Wildman–Crippen LogP) is 8.23. The molecule has 2 heterocycles. The van der Waals surface area contributed by atoms with Crippen LogP contribution < -0.4 is 11.1 Å². The Balaban J connectivity index is 1.36. The largest absolute Gasteiger partial charge is 0.462 e. The fraction of sp³-hybridized carbons (Fsp3) is 0.667. The first-order valence-corrected chi connectivity index (χ1v) is 17.9. The van der Waals surface area contributed by atoms with Crippen molar-refractivity contribution in [2.75, 3.05) is 0 Å². The van der Waals surface area contributed by atoms with Gasteiger partial charge in [0.25, 0.3) is 11.1 Å². The number of nitrogens with zero attached hydrogens (tertiary/aromatic N) is 2. The molecule has 244 valence electrons. The maximum atomic E-state index is 14.3. The number of hydrogen-bond donors (Lipinski definition) is 0. The summed E-state index contributed by atoms with van der Waals surface area (Å²) in [4.78, 5) is 40.4. The van der Waals surface area contributed by atoms with Gasteiger partial charge in [-0.2, -0.15) is 0 Å². The van der Waals surface area contributed by atoms with Crippen molar-refractivity contribution in [2.45, 2.75) is 124 Å². The zero-order chi connectivity index (χ0) is 32.0. The van der Waals surface area contributed by atoms with Crippen LogP contribution in [0.4, 0.5) is 0 Å². The molecule has 0 spiro atoms. The zero-order valence-corrected chi connectivity index (χ0v) is 28.4. The summed E-state index contributed by atoms with van der Waals surface area (Å²) in [5.41, 5.74) is 2.64. The number of fused-ring (bicyclic) bond motifs is 3. The van der Waals surface area contributed by atoms with Crippen LogP contribution in [0.25, 0.3) is 10.8 Å².